The van der Waals surface area contributed by atoms with E-state index in [2.05, 4.69) is 69.1 Å². The molecule has 5 heteroatoms. The second-order valence-electron chi connectivity index (χ2n) is 7.84. The Kier molecular flexibility index (Phi) is 9.19. The van der Waals surface area contributed by atoms with Crippen LogP contribution in [0.4, 0.5) is 0 Å². The van der Waals surface area contributed by atoms with Gasteiger partial charge in [-0.05, 0) is 55.1 Å². The number of hydrogen-bond acceptors (Lipinski definition) is 3. The van der Waals surface area contributed by atoms with Crippen LogP contribution in [-0.4, -0.2) is 37.6 Å². The van der Waals surface area contributed by atoms with Gasteiger partial charge in [0.2, 0.25) is 0 Å². The van der Waals surface area contributed by atoms with Gasteiger partial charge in [0, 0.05) is 33.3 Å². The lowest BCUT2D eigenvalue weighted by atomic mass is 10.1. The van der Waals surface area contributed by atoms with Gasteiger partial charge in [0.25, 0.3) is 0 Å². The molecule has 2 aromatic rings. The Morgan fingerprint density at radius 3 is 2.27 bits per heavy atom. The number of aliphatic imine (C=N–C) groups is 1. The molecule has 1 aliphatic heterocycles. The summed E-state index contributed by atoms with van der Waals surface area (Å²) in [5.74, 6) is 0.804. The van der Waals surface area contributed by atoms with Crippen molar-refractivity contribution in [2.75, 3.05) is 26.7 Å². The highest BCUT2D eigenvalue weighted by molar-refractivity contribution is 5.79. The van der Waals surface area contributed by atoms with Crippen LogP contribution in [0.5, 0.6) is 0 Å². The van der Waals surface area contributed by atoms with E-state index in [0.717, 1.165) is 32.2 Å². The molecule has 1 saturated heterocycles. The van der Waals surface area contributed by atoms with Crippen LogP contribution in [0.15, 0.2) is 53.5 Å². The molecule has 0 aromatic heterocycles. The van der Waals surface area contributed by atoms with E-state index < -0.39 is 0 Å². The normalized spacial score (nSPS) is 15.2. The minimum atomic E-state index is 0.643. The maximum Gasteiger partial charge on any atom is 0.191 e. The Morgan fingerprint density at radius 2 is 1.57 bits per heavy atom. The van der Waals surface area contributed by atoms with Crippen molar-refractivity contribution in [2.24, 2.45) is 4.99 Å². The van der Waals surface area contributed by atoms with E-state index in [0.29, 0.717) is 6.61 Å². The predicted molar refractivity (Wildman–Crippen MR) is 124 cm³/mol. The lowest BCUT2D eigenvalue weighted by molar-refractivity contribution is 0.133. The molecule has 1 heterocycles. The Balaban J connectivity index is 1.46. The molecule has 0 aliphatic carbocycles. The highest BCUT2D eigenvalue weighted by atomic mass is 16.5. The maximum atomic E-state index is 5.58. The lowest BCUT2D eigenvalue weighted by Crippen LogP contribution is -2.36. The molecule has 0 bridgehead atoms. The number of nitrogens with one attached hydrogen (secondary N) is 2. The van der Waals surface area contributed by atoms with Crippen LogP contribution in [-0.2, 0) is 31.0 Å². The number of hydrogen-bond donors (Lipinski definition) is 2. The van der Waals surface area contributed by atoms with Gasteiger partial charge in [0.15, 0.2) is 5.96 Å². The molecule has 1 aliphatic rings. The molecule has 0 radical (unpaired) electrons. The molecule has 162 valence electrons. The van der Waals surface area contributed by atoms with Crippen LogP contribution in [0.3, 0.4) is 0 Å². The summed E-state index contributed by atoms with van der Waals surface area (Å²) in [6.45, 7) is 8.40. The van der Waals surface area contributed by atoms with E-state index in [1.165, 1.54) is 54.6 Å². The van der Waals surface area contributed by atoms with Gasteiger partial charge < -0.3 is 15.4 Å². The SMILES string of the molecule is CCOCc1ccccc1CNC(=NC)NCc1ccc(CN2CCCCC2)cc1. The number of likely N-dealkylation sites (tertiary alicyclic amines) is 1. The van der Waals surface area contributed by atoms with E-state index in [-0.39, 0.29) is 0 Å². The molecular weight excluding hydrogens is 372 g/mol. The molecule has 5 nitrogen and oxygen atoms in total. The largest absolute Gasteiger partial charge is 0.377 e. The number of piperidine rings is 1. The molecule has 0 spiro atoms. The predicted octanol–water partition coefficient (Wildman–Crippen LogP) is 4.07. The number of ether oxygens (including phenoxy) is 1. The Bertz CT molecular complexity index is 782. The smallest absolute Gasteiger partial charge is 0.191 e. The molecule has 0 saturated carbocycles. The van der Waals surface area contributed by atoms with Crippen LogP contribution in [0.2, 0.25) is 0 Å². The maximum absolute atomic E-state index is 5.58. The fourth-order valence-electron chi connectivity index (χ4n) is 3.81. The zero-order valence-corrected chi connectivity index (χ0v) is 18.5. The molecule has 1 fully saturated rings. The minimum Gasteiger partial charge on any atom is -0.377 e. The van der Waals surface area contributed by atoms with Gasteiger partial charge in [-0.1, -0.05) is 55.0 Å². The summed E-state index contributed by atoms with van der Waals surface area (Å²) in [6, 6.07) is 17.3. The van der Waals surface area contributed by atoms with E-state index in [1.54, 1.807) is 0 Å². The first-order chi connectivity index (χ1) is 14.8. The summed E-state index contributed by atoms with van der Waals surface area (Å²) < 4.78 is 5.58. The van der Waals surface area contributed by atoms with Crippen molar-refractivity contribution in [1.82, 2.24) is 15.5 Å². The van der Waals surface area contributed by atoms with Crippen LogP contribution in [0.25, 0.3) is 0 Å². The Morgan fingerprint density at radius 1 is 0.900 bits per heavy atom. The van der Waals surface area contributed by atoms with Crippen molar-refractivity contribution in [3.63, 3.8) is 0 Å². The first-order valence-electron chi connectivity index (χ1n) is 11.2. The van der Waals surface area contributed by atoms with Crippen molar-refractivity contribution >= 4 is 5.96 Å². The van der Waals surface area contributed by atoms with Gasteiger partial charge in [0.1, 0.15) is 0 Å². The summed E-state index contributed by atoms with van der Waals surface area (Å²) in [5.41, 5.74) is 5.11. The first kappa shape index (κ1) is 22.3. The summed E-state index contributed by atoms with van der Waals surface area (Å²) in [4.78, 5) is 6.92. The van der Waals surface area contributed by atoms with Crippen molar-refractivity contribution in [3.05, 3.63) is 70.8 Å². The molecular formula is C25H36N4O. The van der Waals surface area contributed by atoms with Crippen LogP contribution in [0, 0.1) is 0 Å². The first-order valence-corrected chi connectivity index (χ1v) is 11.2. The van der Waals surface area contributed by atoms with Gasteiger partial charge >= 0.3 is 0 Å². The summed E-state index contributed by atoms with van der Waals surface area (Å²) >= 11 is 0. The molecule has 0 amide bonds. The third kappa shape index (κ3) is 7.15. The summed E-state index contributed by atoms with van der Waals surface area (Å²) in [6.07, 6.45) is 4.06. The fourth-order valence-corrected chi connectivity index (χ4v) is 3.81. The second-order valence-corrected chi connectivity index (χ2v) is 7.84. The average Bonchev–Trinajstić information content (AvgIpc) is 2.80. The standard InChI is InChI=1S/C25H36N4O/c1-3-30-20-24-10-6-5-9-23(24)18-28-25(26-2)27-17-21-11-13-22(14-12-21)19-29-15-7-4-8-16-29/h5-6,9-14H,3-4,7-8,15-20H2,1-2H3,(H2,26,27,28). The van der Waals surface area contributed by atoms with E-state index in [1.807, 2.05) is 14.0 Å². The zero-order chi connectivity index (χ0) is 21.0. The van der Waals surface area contributed by atoms with Gasteiger partial charge in [-0.15, -0.1) is 0 Å². The van der Waals surface area contributed by atoms with Crippen LogP contribution in [0.1, 0.15) is 48.4 Å². The Hall–Kier alpha value is -2.37. The highest BCUT2D eigenvalue weighted by Crippen LogP contribution is 2.14. The van der Waals surface area contributed by atoms with E-state index in [9.17, 15) is 0 Å². The minimum absolute atomic E-state index is 0.643. The second kappa shape index (κ2) is 12.4. The molecule has 2 aromatic carbocycles. The number of rotatable bonds is 9. The quantitative estimate of drug-likeness (QED) is 0.485. The van der Waals surface area contributed by atoms with E-state index >= 15 is 0 Å². The van der Waals surface area contributed by atoms with Crippen LogP contribution < -0.4 is 10.6 Å². The van der Waals surface area contributed by atoms with Crippen LogP contribution >= 0.6 is 0 Å². The molecule has 0 unspecified atom stereocenters. The van der Waals surface area contributed by atoms with Crippen molar-refractivity contribution in [2.45, 2.75) is 52.4 Å². The summed E-state index contributed by atoms with van der Waals surface area (Å²) in [7, 11) is 1.81. The van der Waals surface area contributed by atoms with Gasteiger partial charge in [-0.2, -0.15) is 0 Å². The lowest BCUT2D eigenvalue weighted by Gasteiger charge is -2.26. The third-order valence-corrected chi connectivity index (χ3v) is 5.59. The number of benzene rings is 2. The zero-order valence-electron chi connectivity index (χ0n) is 18.5. The molecule has 3 rings (SSSR count). The Labute approximate surface area is 181 Å². The van der Waals surface area contributed by atoms with Gasteiger partial charge in [-0.3, -0.25) is 9.89 Å². The van der Waals surface area contributed by atoms with Crippen molar-refractivity contribution in [1.29, 1.82) is 0 Å². The van der Waals surface area contributed by atoms with Gasteiger partial charge in [0.05, 0.1) is 6.61 Å². The fraction of sp³-hybridized carbons (Fsp3) is 0.480. The molecule has 0 atom stereocenters. The van der Waals surface area contributed by atoms with Crippen molar-refractivity contribution < 1.29 is 4.74 Å². The van der Waals surface area contributed by atoms with E-state index in [4.69, 9.17) is 4.74 Å². The van der Waals surface area contributed by atoms with Crippen molar-refractivity contribution in [3.8, 4) is 0 Å². The molecule has 30 heavy (non-hydrogen) atoms. The highest BCUT2D eigenvalue weighted by Gasteiger charge is 2.10. The third-order valence-electron chi connectivity index (χ3n) is 5.59. The average molecular weight is 409 g/mol. The monoisotopic (exact) mass is 408 g/mol. The summed E-state index contributed by atoms with van der Waals surface area (Å²) in [5, 5.41) is 6.83. The molecule has 2 N–H and O–H groups in total. The number of nitrogens with zero attached hydrogens (tertiary/aromatic N) is 2. The topological polar surface area (TPSA) is 48.9 Å². The van der Waals surface area contributed by atoms with Gasteiger partial charge in [-0.25, -0.2) is 0 Å². The number of guanidine groups is 1.